The van der Waals surface area contributed by atoms with Crippen molar-refractivity contribution in [3.63, 3.8) is 0 Å². The Bertz CT molecular complexity index is 663. The first-order valence-corrected chi connectivity index (χ1v) is 9.08. The lowest BCUT2D eigenvalue weighted by Gasteiger charge is -2.18. The molecule has 2 heterocycles. The van der Waals surface area contributed by atoms with E-state index in [2.05, 4.69) is 35.8 Å². The van der Waals surface area contributed by atoms with Crippen LogP contribution in [0.25, 0.3) is 0 Å². The zero-order valence-electron chi connectivity index (χ0n) is 13.0. The minimum Gasteiger partial charge on any atom is -0.493 e. The minimum atomic E-state index is 0.365. The van der Waals surface area contributed by atoms with Crippen LogP contribution in [-0.2, 0) is 6.54 Å². The van der Waals surface area contributed by atoms with E-state index in [4.69, 9.17) is 9.72 Å². The summed E-state index contributed by atoms with van der Waals surface area (Å²) in [7, 11) is 0. The van der Waals surface area contributed by atoms with E-state index >= 15 is 0 Å². The van der Waals surface area contributed by atoms with Crippen molar-refractivity contribution in [3.05, 3.63) is 45.4 Å². The number of benzene rings is 1. The first kappa shape index (κ1) is 14.2. The second-order valence-electron chi connectivity index (χ2n) is 6.42. The molecule has 1 fully saturated rings. The summed E-state index contributed by atoms with van der Waals surface area (Å²) in [5.74, 6) is 1.81. The summed E-state index contributed by atoms with van der Waals surface area (Å²) in [4.78, 5) is 4.77. The quantitative estimate of drug-likeness (QED) is 0.912. The van der Waals surface area contributed by atoms with Crippen LogP contribution < -0.4 is 10.1 Å². The molecule has 1 saturated carbocycles. The van der Waals surface area contributed by atoms with Gasteiger partial charge in [-0.3, -0.25) is 0 Å². The monoisotopic (exact) mass is 314 g/mol. The van der Waals surface area contributed by atoms with Gasteiger partial charge in [-0.05, 0) is 44.2 Å². The molecular formula is C18H22N2OS. The molecule has 0 unspecified atom stereocenters. The lowest BCUT2D eigenvalue weighted by atomic mass is 10.0. The maximum Gasteiger partial charge on any atom is 0.124 e. The van der Waals surface area contributed by atoms with Crippen LogP contribution in [0.15, 0.2) is 23.6 Å². The predicted molar refractivity (Wildman–Crippen MR) is 89.6 cm³/mol. The zero-order valence-corrected chi connectivity index (χ0v) is 13.8. The molecule has 3 nitrogen and oxygen atoms in total. The highest BCUT2D eigenvalue weighted by atomic mass is 32.1. The number of nitrogens with zero attached hydrogens (tertiary/aromatic N) is 1. The highest BCUT2D eigenvalue weighted by Gasteiger charge is 2.26. The summed E-state index contributed by atoms with van der Waals surface area (Å²) < 4.78 is 5.90. The van der Waals surface area contributed by atoms with E-state index in [1.165, 1.54) is 34.7 Å². The van der Waals surface area contributed by atoms with Crippen molar-refractivity contribution >= 4 is 11.3 Å². The Balaban J connectivity index is 1.47. The van der Waals surface area contributed by atoms with Gasteiger partial charge in [-0.25, -0.2) is 4.98 Å². The van der Waals surface area contributed by atoms with E-state index < -0.39 is 0 Å². The Morgan fingerprint density at radius 1 is 1.32 bits per heavy atom. The molecule has 0 spiro atoms. The Hall–Kier alpha value is -1.39. The van der Waals surface area contributed by atoms with Gasteiger partial charge in [-0.1, -0.05) is 12.1 Å². The summed E-state index contributed by atoms with van der Waals surface area (Å²) in [6.45, 7) is 3.78. The van der Waals surface area contributed by atoms with Crippen LogP contribution in [0.3, 0.4) is 0 Å². The van der Waals surface area contributed by atoms with Crippen LogP contribution in [0.2, 0.25) is 0 Å². The summed E-state index contributed by atoms with van der Waals surface area (Å²) in [6.07, 6.45) is 4.87. The predicted octanol–water partition coefficient (Wildman–Crippen LogP) is 4.33. The fraction of sp³-hybridized carbons (Fsp3) is 0.500. The molecular weight excluding hydrogens is 292 g/mol. The summed E-state index contributed by atoms with van der Waals surface area (Å²) in [5.41, 5.74) is 3.74. The fourth-order valence-corrected chi connectivity index (χ4v) is 4.03. The molecule has 4 heteroatoms. The van der Waals surface area contributed by atoms with Crippen molar-refractivity contribution in [1.82, 2.24) is 10.3 Å². The molecule has 1 aromatic heterocycles. The summed E-state index contributed by atoms with van der Waals surface area (Å²) in [5, 5.41) is 7.23. The topological polar surface area (TPSA) is 34.1 Å². The molecule has 1 aliphatic carbocycles. The van der Waals surface area contributed by atoms with E-state index in [1.54, 1.807) is 0 Å². The van der Waals surface area contributed by atoms with Crippen molar-refractivity contribution in [3.8, 4) is 5.75 Å². The van der Waals surface area contributed by atoms with Crippen molar-refractivity contribution in [2.75, 3.05) is 6.61 Å². The zero-order chi connectivity index (χ0) is 14.9. The summed E-state index contributed by atoms with van der Waals surface area (Å²) in [6, 6.07) is 6.91. The average Bonchev–Trinajstić information content (AvgIpc) is 3.29. The maximum atomic E-state index is 5.90. The second-order valence-corrected chi connectivity index (χ2v) is 7.31. The van der Waals surface area contributed by atoms with E-state index in [9.17, 15) is 0 Å². The lowest BCUT2D eigenvalue weighted by Crippen LogP contribution is -2.20. The summed E-state index contributed by atoms with van der Waals surface area (Å²) >= 11 is 1.82. The molecule has 0 saturated heterocycles. The maximum absolute atomic E-state index is 5.90. The number of aromatic nitrogens is 1. The number of aryl methyl sites for hydroxylation is 1. The molecule has 0 amide bonds. The van der Waals surface area contributed by atoms with E-state index in [0.717, 1.165) is 37.7 Å². The highest BCUT2D eigenvalue weighted by Crippen LogP contribution is 2.41. The van der Waals surface area contributed by atoms with Crippen molar-refractivity contribution in [2.24, 2.45) is 0 Å². The number of thiazole rings is 1. The number of rotatable bonds is 4. The molecule has 22 heavy (non-hydrogen) atoms. The Kier molecular flexibility index (Phi) is 3.89. The third kappa shape index (κ3) is 3.03. The SMILES string of the molecule is Cc1ccc2c(c1)OCCC[C@@H]2NCc1csc(C2CC2)n1. The molecule has 0 radical (unpaired) electrons. The van der Waals surface area contributed by atoms with Gasteiger partial charge in [0.05, 0.1) is 17.3 Å². The molecule has 1 atom stereocenters. The Morgan fingerprint density at radius 3 is 3.09 bits per heavy atom. The van der Waals surface area contributed by atoms with Gasteiger partial charge < -0.3 is 10.1 Å². The molecule has 4 rings (SSSR count). The van der Waals surface area contributed by atoms with Crippen LogP contribution in [0, 0.1) is 6.92 Å². The number of hydrogen-bond acceptors (Lipinski definition) is 4. The number of fused-ring (bicyclic) bond motifs is 1. The Morgan fingerprint density at radius 2 is 2.23 bits per heavy atom. The highest BCUT2D eigenvalue weighted by molar-refractivity contribution is 7.09. The van der Waals surface area contributed by atoms with E-state index in [-0.39, 0.29) is 0 Å². The number of ether oxygens (including phenoxy) is 1. The molecule has 1 aromatic carbocycles. The van der Waals surface area contributed by atoms with Gasteiger partial charge >= 0.3 is 0 Å². The van der Waals surface area contributed by atoms with E-state index in [1.807, 2.05) is 11.3 Å². The van der Waals surface area contributed by atoms with Crippen molar-refractivity contribution in [1.29, 1.82) is 0 Å². The third-order valence-corrected chi connectivity index (χ3v) is 5.52. The lowest BCUT2D eigenvalue weighted by molar-refractivity contribution is 0.315. The van der Waals surface area contributed by atoms with Gasteiger partial charge in [-0.2, -0.15) is 0 Å². The van der Waals surface area contributed by atoms with Crippen LogP contribution in [-0.4, -0.2) is 11.6 Å². The van der Waals surface area contributed by atoms with Gasteiger partial charge in [-0.15, -0.1) is 11.3 Å². The van der Waals surface area contributed by atoms with Crippen LogP contribution >= 0.6 is 11.3 Å². The van der Waals surface area contributed by atoms with Gasteiger partial charge in [0.25, 0.3) is 0 Å². The number of nitrogens with one attached hydrogen (secondary N) is 1. The molecule has 2 aromatic rings. The van der Waals surface area contributed by atoms with Gasteiger partial charge in [0.15, 0.2) is 0 Å². The standard InChI is InChI=1S/C18H22N2OS/c1-12-4-7-15-16(3-2-8-21-17(15)9-12)19-10-14-11-22-18(20-14)13-5-6-13/h4,7,9,11,13,16,19H,2-3,5-6,8,10H2,1H3/t16-/m0/s1. The number of hydrogen-bond donors (Lipinski definition) is 1. The van der Waals surface area contributed by atoms with E-state index in [0.29, 0.717) is 6.04 Å². The van der Waals surface area contributed by atoms with Gasteiger partial charge in [0.1, 0.15) is 5.75 Å². The molecule has 1 N–H and O–H groups in total. The second kappa shape index (κ2) is 6.01. The Labute approximate surface area is 135 Å². The minimum absolute atomic E-state index is 0.365. The molecule has 2 aliphatic rings. The van der Waals surface area contributed by atoms with Gasteiger partial charge in [0.2, 0.25) is 0 Å². The first-order valence-electron chi connectivity index (χ1n) is 8.20. The smallest absolute Gasteiger partial charge is 0.124 e. The van der Waals surface area contributed by atoms with Crippen LogP contribution in [0.5, 0.6) is 5.75 Å². The van der Waals surface area contributed by atoms with Crippen molar-refractivity contribution < 1.29 is 4.74 Å². The van der Waals surface area contributed by atoms with Crippen LogP contribution in [0.4, 0.5) is 0 Å². The third-order valence-electron chi connectivity index (χ3n) is 4.46. The fourth-order valence-electron chi connectivity index (χ4n) is 3.04. The molecule has 116 valence electrons. The average molecular weight is 314 g/mol. The molecule has 1 aliphatic heterocycles. The van der Waals surface area contributed by atoms with Crippen LogP contribution in [0.1, 0.15) is 59.5 Å². The largest absolute Gasteiger partial charge is 0.493 e. The molecule has 0 bridgehead atoms. The van der Waals surface area contributed by atoms with Crippen molar-refractivity contribution in [2.45, 2.75) is 51.1 Å². The van der Waals surface area contributed by atoms with Gasteiger partial charge in [0, 0.05) is 29.4 Å². The first-order chi connectivity index (χ1) is 10.8. The normalized spacial score (nSPS) is 21.0.